The fraction of sp³-hybridized carbons (Fsp3) is 0. The number of aromatic nitrogens is 3. The molecule has 0 radical (unpaired) electrons. The maximum atomic E-state index is 12.1. The molecule has 104 valence electrons. The summed E-state index contributed by atoms with van der Waals surface area (Å²) in [5.74, 6) is 0.364. The number of hydrogen-bond donors (Lipinski definition) is 0. The molecular weight excluding hydrogens is 354 g/mol. The predicted molar refractivity (Wildman–Crippen MR) is 81.9 cm³/mol. The lowest BCUT2D eigenvalue weighted by molar-refractivity contribution is 0.108. The molecule has 0 aliphatic heterocycles. The summed E-state index contributed by atoms with van der Waals surface area (Å²) >= 11 is 4.23. The molecule has 0 spiro atoms. The second kappa shape index (κ2) is 6.19. The van der Waals surface area contributed by atoms with Gasteiger partial charge in [0.25, 0.3) is 5.22 Å². The number of carbonyl (C=O) groups is 1. The van der Waals surface area contributed by atoms with E-state index in [9.17, 15) is 4.79 Å². The molecule has 2 aromatic heterocycles. The lowest BCUT2D eigenvalue weighted by Gasteiger charge is -1.97. The van der Waals surface area contributed by atoms with Crippen LogP contribution in [-0.2, 0) is 0 Å². The van der Waals surface area contributed by atoms with Gasteiger partial charge in [-0.25, -0.2) is 0 Å². The monoisotopic (exact) mass is 361 g/mol. The highest BCUT2D eigenvalue weighted by molar-refractivity contribution is 9.10. The normalized spacial score (nSPS) is 10.5. The van der Waals surface area contributed by atoms with Crippen LogP contribution in [0.15, 0.2) is 62.9 Å². The van der Waals surface area contributed by atoms with Gasteiger partial charge < -0.3 is 4.42 Å². The van der Waals surface area contributed by atoms with E-state index in [0.29, 0.717) is 11.5 Å². The van der Waals surface area contributed by atoms with Crippen molar-refractivity contribution in [2.75, 3.05) is 0 Å². The van der Waals surface area contributed by atoms with Gasteiger partial charge in [-0.05, 0) is 36.4 Å². The second-order valence-electron chi connectivity index (χ2n) is 4.01. The van der Waals surface area contributed by atoms with E-state index in [1.165, 1.54) is 0 Å². The van der Waals surface area contributed by atoms with Gasteiger partial charge in [0.2, 0.25) is 11.0 Å². The molecule has 3 rings (SSSR count). The number of halogens is 1. The van der Waals surface area contributed by atoms with Crippen molar-refractivity contribution in [1.82, 2.24) is 15.2 Å². The first-order chi connectivity index (χ1) is 10.2. The summed E-state index contributed by atoms with van der Waals surface area (Å²) in [5, 5.41) is 7.87. The van der Waals surface area contributed by atoms with Gasteiger partial charge in [-0.2, -0.15) is 0 Å². The highest BCUT2D eigenvalue weighted by Crippen LogP contribution is 2.25. The summed E-state index contributed by atoms with van der Waals surface area (Å²) < 4.78 is 6.39. The molecule has 7 heteroatoms. The Kier molecular flexibility index (Phi) is 4.12. The van der Waals surface area contributed by atoms with E-state index in [-0.39, 0.29) is 10.3 Å². The minimum atomic E-state index is -0.146. The zero-order chi connectivity index (χ0) is 14.7. The van der Waals surface area contributed by atoms with Gasteiger partial charge in [0.1, 0.15) is 0 Å². The van der Waals surface area contributed by atoms with Gasteiger partial charge in [0.05, 0.1) is 0 Å². The molecule has 0 saturated heterocycles. The molecule has 5 nitrogen and oxygen atoms in total. The maximum absolute atomic E-state index is 12.1. The molecule has 0 N–H and O–H groups in total. The highest BCUT2D eigenvalue weighted by atomic mass is 79.9. The van der Waals surface area contributed by atoms with Crippen molar-refractivity contribution in [3.05, 3.63) is 58.8 Å². The molecule has 0 aliphatic carbocycles. The van der Waals surface area contributed by atoms with E-state index in [4.69, 9.17) is 4.42 Å². The standard InChI is InChI=1S/C14H8BrN3O2S/c15-11-3-1-10(2-4-11)13(19)21-14-18-17-12(20-14)9-5-7-16-8-6-9/h1-8H. The van der Waals surface area contributed by atoms with E-state index in [2.05, 4.69) is 31.1 Å². The van der Waals surface area contributed by atoms with Gasteiger partial charge >= 0.3 is 0 Å². The third kappa shape index (κ3) is 3.37. The molecular formula is C14H8BrN3O2S. The molecule has 0 atom stereocenters. The average Bonchev–Trinajstić information content (AvgIpc) is 2.97. The third-order valence-electron chi connectivity index (χ3n) is 2.59. The van der Waals surface area contributed by atoms with Crippen LogP contribution in [0.5, 0.6) is 0 Å². The summed E-state index contributed by atoms with van der Waals surface area (Å²) in [6.45, 7) is 0. The first kappa shape index (κ1) is 14.0. The SMILES string of the molecule is O=C(Sc1nnc(-c2ccncc2)o1)c1ccc(Br)cc1. The van der Waals surface area contributed by atoms with Crippen LogP contribution in [0.1, 0.15) is 10.4 Å². The van der Waals surface area contributed by atoms with E-state index in [0.717, 1.165) is 21.8 Å². The van der Waals surface area contributed by atoms with Crippen molar-refractivity contribution in [2.24, 2.45) is 0 Å². The van der Waals surface area contributed by atoms with Crippen molar-refractivity contribution >= 4 is 32.8 Å². The topological polar surface area (TPSA) is 68.9 Å². The number of hydrogen-bond acceptors (Lipinski definition) is 6. The van der Waals surface area contributed by atoms with Gasteiger partial charge in [0.15, 0.2) is 0 Å². The molecule has 1 aromatic carbocycles. The second-order valence-corrected chi connectivity index (χ2v) is 5.85. The first-order valence-electron chi connectivity index (χ1n) is 5.94. The van der Waals surface area contributed by atoms with E-state index in [1.807, 2.05) is 12.1 Å². The van der Waals surface area contributed by atoms with Crippen LogP contribution in [0.2, 0.25) is 0 Å². The fourth-order valence-corrected chi connectivity index (χ4v) is 2.47. The van der Waals surface area contributed by atoms with E-state index < -0.39 is 0 Å². The lowest BCUT2D eigenvalue weighted by atomic mass is 10.2. The summed E-state index contributed by atoms with van der Waals surface area (Å²) in [6, 6.07) is 10.6. The first-order valence-corrected chi connectivity index (χ1v) is 7.55. The Morgan fingerprint density at radius 3 is 2.48 bits per heavy atom. The zero-order valence-electron chi connectivity index (χ0n) is 10.6. The van der Waals surface area contributed by atoms with Crippen LogP contribution >= 0.6 is 27.7 Å². The largest absolute Gasteiger partial charge is 0.411 e. The Hall–Kier alpha value is -1.99. The Balaban J connectivity index is 1.75. The predicted octanol–water partition coefficient (Wildman–Crippen LogP) is 3.83. The van der Waals surface area contributed by atoms with Gasteiger partial charge in [-0.3, -0.25) is 9.78 Å². The van der Waals surface area contributed by atoms with E-state index in [1.54, 1.807) is 36.7 Å². The Labute approximate surface area is 132 Å². The molecule has 2 heterocycles. The van der Waals surface area contributed by atoms with Crippen molar-refractivity contribution in [3.8, 4) is 11.5 Å². The summed E-state index contributed by atoms with van der Waals surface area (Å²) in [7, 11) is 0. The lowest BCUT2D eigenvalue weighted by Crippen LogP contribution is -1.92. The molecule has 0 amide bonds. The Morgan fingerprint density at radius 2 is 1.76 bits per heavy atom. The third-order valence-corrected chi connectivity index (χ3v) is 3.88. The summed E-state index contributed by atoms with van der Waals surface area (Å²) in [4.78, 5) is 16.0. The molecule has 0 aliphatic rings. The highest BCUT2D eigenvalue weighted by Gasteiger charge is 2.14. The molecule has 21 heavy (non-hydrogen) atoms. The average molecular weight is 362 g/mol. The van der Waals surface area contributed by atoms with Crippen LogP contribution < -0.4 is 0 Å². The minimum Gasteiger partial charge on any atom is -0.411 e. The van der Waals surface area contributed by atoms with Crippen LogP contribution in [0.3, 0.4) is 0 Å². The molecule has 3 aromatic rings. The quantitative estimate of drug-likeness (QED) is 0.660. The minimum absolute atomic E-state index is 0.146. The zero-order valence-corrected chi connectivity index (χ0v) is 13.0. The van der Waals surface area contributed by atoms with Crippen molar-refractivity contribution in [2.45, 2.75) is 5.22 Å². The number of carbonyl (C=O) groups excluding carboxylic acids is 1. The number of thioether (sulfide) groups is 1. The van der Waals surface area contributed by atoms with Gasteiger partial charge in [0, 0.05) is 39.8 Å². The van der Waals surface area contributed by atoms with E-state index >= 15 is 0 Å². The van der Waals surface area contributed by atoms with Crippen LogP contribution in [0.25, 0.3) is 11.5 Å². The number of nitrogens with zero attached hydrogens (tertiary/aromatic N) is 3. The molecule has 0 bridgehead atoms. The summed E-state index contributed by atoms with van der Waals surface area (Å²) in [6.07, 6.45) is 3.28. The summed E-state index contributed by atoms with van der Waals surface area (Å²) in [5.41, 5.74) is 1.34. The van der Waals surface area contributed by atoms with Crippen molar-refractivity contribution < 1.29 is 9.21 Å². The Morgan fingerprint density at radius 1 is 1.05 bits per heavy atom. The fourth-order valence-electron chi connectivity index (χ4n) is 1.59. The van der Waals surface area contributed by atoms with Crippen molar-refractivity contribution in [1.29, 1.82) is 0 Å². The van der Waals surface area contributed by atoms with Crippen LogP contribution in [-0.4, -0.2) is 20.3 Å². The van der Waals surface area contributed by atoms with Crippen LogP contribution in [0, 0.1) is 0 Å². The van der Waals surface area contributed by atoms with Gasteiger partial charge in [-0.15, -0.1) is 10.2 Å². The van der Waals surface area contributed by atoms with Crippen molar-refractivity contribution in [3.63, 3.8) is 0 Å². The molecule has 0 saturated carbocycles. The van der Waals surface area contributed by atoms with Gasteiger partial charge in [-0.1, -0.05) is 15.9 Å². The number of rotatable bonds is 3. The number of pyridine rings is 1. The molecule has 0 fully saturated rings. The van der Waals surface area contributed by atoms with Crippen LogP contribution in [0.4, 0.5) is 0 Å². The Bertz CT molecular complexity index is 759. The molecule has 0 unspecified atom stereocenters. The number of benzene rings is 1. The maximum Gasteiger partial charge on any atom is 0.284 e. The smallest absolute Gasteiger partial charge is 0.284 e.